The number of hydrogen-bond donors (Lipinski definition) is 1. The lowest BCUT2D eigenvalue weighted by Crippen LogP contribution is -2.25. The van der Waals surface area contributed by atoms with Crippen molar-refractivity contribution in [3.63, 3.8) is 0 Å². The average molecular weight is 219 g/mol. The van der Waals surface area contributed by atoms with Gasteiger partial charge in [0.15, 0.2) is 0 Å². The smallest absolute Gasteiger partial charge is 0.266 e. The largest absolute Gasteiger partial charge is 0.382 e. The van der Waals surface area contributed by atoms with Gasteiger partial charge in [0.25, 0.3) is 5.56 Å². The molecular weight excluding hydrogens is 206 g/mol. The monoisotopic (exact) mass is 219 g/mol. The van der Waals surface area contributed by atoms with Crippen LogP contribution < -0.4 is 11.3 Å². The summed E-state index contributed by atoms with van der Waals surface area (Å²) in [6.07, 6.45) is 3.59. The van der Waals surface area contributed by atoms with Crippen LogP contribution >= 0.6 is 0 Å². The molecule has 0 saturated carbocycles. The van der Waals surface area contributed by atoms with Crippen molar-refractivity contribution in [2.75, 3.05) is 5.73 Å². The van der Waals surface area contributed by atoms with Crippen molar-refractivity contribution in [3.8, 4) is 0 Å². The number of rotatable bonds is 3. The molecule has 0 aromatic carbocycles. The van der Waals surface area contributed by atoms with Gasteiger partial charge < -0.3 is 10.3 Å². The number of nitrogen functional groups attached to an aromatic ring is 1. The summed E-state index contributed by atoms with van der Waals surface area (Å²) in [5, 5.41) is 3.95. The maximum atomic E-state index is 11.4. The minimum absolute atomic E-state index is 0.146. The molecule has 0 aliphatic heterocycles. The van der Waals surface area contributed by atoms with Crippen molar-refractivity contribution in [1.82, 2.24) is 19.3 Å². The summed E-state index contributed by atoms with van der Waals surface area (Å²) in [6.45, 7) is 3.05. The normalized spacial score (nSPS) is 10.6. The van der Waals surface area contributed by atoms with E-state index in [2.05, 4.69) is 10.1 Å². The molecule has 16 heavy (non-hydrogen) atoms. The zero-order valence-corrected chi connectivity index (χ0v) is 9.00. The lowest BCUT2D eigenvalue weighted by molar-refractivity contribution is 0.507. The number of nitrogens with two attached hydrogens (primary N) is 1. The Morgan fingerprint density at radius 1 is 1.38 bits per heavy atom. The van der Waals surface area contributed by atoms with Crippen molar-refractivity contribution in [3.05, 3.63) is 40.7 Å². The Bertz CT molecular complexity index is 542. The molecule has 0 atom stereocenters. The second kappa shape index (κ2) is 4.18. The molecule has 84 valence electrons. The molecule has 0 fully saturated rings. The first-order chi connectivity index (χ1) is 7.66. The summed E-state index contributed by atoms with van der Waals surface area (Å²) in [6, 6.07) is 2.92. The second-order valence-electron chi connectivity index (χ2n) is 3.49. The highest BCUT2D eigenvalue weighted by Crippen LogP contribution is 1.96. The summed E-state index contributed by atoms with van der Waals surface area (Å²) in [4.78, 5) is 15.5. The number of anilines is 1. The first kappa shape index (κ1) is 10.4. The molecule has 0 radical (unpaired) electrons. The van der Waals surface area contributed by atoms with Gasteiger partial charge in [-0.05, 0) is 13.0 Å². The predicted molar refractivity (Wildman–Crippen MR) is 59.9 cm³/mol. The van der Waals surface area contributed by atoms with Crippen LogP contribution in [-0.4, -0.2) is 19.3 Å². The van der Waals surface area contributed by atoms with E-state index in [-0.39, 0.29) is 5.56 Å². The Morgan fingerprint density at radius 3 is 2.88 bits per heavy atom. The third kappa shape index (κ3) is 2.10. The topological polar surface area (TPSA) is 78.7 Å². The van der Waals surface area contributed by atoms with E-state index in [1.807, 2.05) is 17.7 Å². The van der Waals surface area contributed by atoms with Gasteiger partial charge in [-0.3, -0.25) is 4.79 Å². The third-order valence-electron chi connectivity index (χ3n) is 2.36. The lowest BCUT2D eigenvalue weighted by atomic mass is 10.5. The Hall–Kier alpha value is -2.11. The van der Waals surface area contributed by atoms with E-state index in [1.54, 1.807) is 6.20 Å². The lowest BCUT2D eigenvalue weighted by Gasteiger charge is -2.06. The standard InChI is InChI=1S/C10H13N5O/c1-8-12-4-5-14(8)6-7-15-10(16)3-2-9(11)13-15/h2-5H,6-7H2,1H3,(H2,11,13). The van der Waals surface area contributed by atoms with E-state index in [4.69, 9.17) is 5.73 Å². The van der Waals surface area contributed by atoms with Crippen LogP contribution in [0, 0.1) is 6.92 Å². The molecule has 0 saturated heterocycles. The second-order valence-corrected chi connectivity index (χ2v) is 3.49. The molecule has 0 aliphatic rings. The average Bonchev–Trinajstić information content (AvgIpc) is 2.66. The van der Waals surface area contributed by atoms with Crippen molar-refractivity contribution < 1.29 is 0 Å². The molecule has 2 rings (SSSR count). The fraction of sp³-hybridized carbons (Fsp3) is 0.300. The molecule has 2 heterocycles. The van der Waals surface area contributed by atoms with Gasteiger partial charge in [0.1, 0.15) is 11.6 Å². The van der Waals surface area contributed by atoms with E-state index in [1.165, 1.54) is 16.8 Å². The van der Waals surface area contributed by atoms with Crippen molar-refractivity contribution >= 4 is 5.82 Å². The zero-order chi connectivity index (χ0) is 11.5. The molecule has 0 unspecified atom stereocenters. The summed E-state index contributed by atoms with van der Waals surface area (Å²) >= 11 is 0. The molecule has 0 spiro atoms. The first-order valence-corrected chi connectivity index (χ1v) is 4.98. The third-order valence-corrected chi connectivity index (χ3v) is 2.36. The Kier molecular flexibility index (Phi) is 2.72. The highest BCUT2D eigenvalue weighted by atomic mass is 16.1. The van der Waals surface area contributed by atoms with E-state index < -0.39 is 0 Å². The van der Waals surface area contributed by atoms with Gasteiger partial charge >= 0.3 is 0 Å². The highest BCUT2D eigenvalue weighted by Gasteiger charge is 2.00. The molecule has 6 heteroatoms. The van der Waals surface area contributed by atoms with Crippen LogP contribution in [0.15, 0.2) is 29.3 Å². The van der Waals surface area contributed by atoms with Gasteiger partial charge in [-0.2, -0.15) is 5.10 Å². The zero-order valence-electron chi connectivity index (χ0n) is 9.00. The van der Waals surface area contributed by atoms with Crippen LogP contribution in [0.2, 0.25) is 0 Å². The maximum absolute atomic E-state index is 11.4. The molecule has 6 nitrogen and oxygen atoms in total. The number of aryl methyl sites for hydroxylation is 3. The van der Waals surface area contributed by atoms with Crippen LogP contribution in [0.3, 0.4) is 0 Å². The van der Waals surface area contributed by atoms with E-state index in [9.17, 15) is 4.79 Å². The minimum Gasteiger partial charge on any atom is -0.382 e. The number of nitrogens with zero attached hydrogens (tertiary/aromatic N) is 4. The Balaban J connectivity index is 2.13. The number of aromatic nitrogens is 4. The quantitative estimate of drug-likeness (QED) is 0.790. The molecular formula is C10H13N5O. The van der Waals surface area contributed by atoms with Crippen LogP contribution in [0.25, 0.3) is 0 Å². The van der Waals surface area contributed by atoms with E-state index in [0.29, 0.717) is 18.9 Å². The number of hydrogen-bond acceptors (Lipinski definition) is 4. The van der Waals surface area contributed by atoms with Crippen LogP contribution in [0.5, 0.6) is 0 Å². The molecule has 2 aromatic heterocycles. The van der Waals surface area contributed by atoms with Gasteiger partial charge in [0.05, 0.1) is 6.54 Å². The summed E-state index contributed by atoms with van der Waals surface area (Å²) in [5.41, 5.74) is 5.37. The molecule has 0 amide bonds. The SMILES string of the molecule is Cc1nccn1CCn1nc(N)ccc1=O. The van der Waals surface area contributed by atoms with E-state index >= 15 is 0 Å². The van der Waals surface area contributed by atoms with Crippen molar-refractivity contribution in [2.45, 2.75) is 20.0 Å². The van der Waals surface area contributed by atoms with E-state index in [0.717, 1.165) is 5.82 Å². The van der Waals surface area contributed by atoms with Gasteiger partial charge in [-0.25, -0.2) is 9.67 Å². The van der Waals surface area contributed by atoms with Gasteiger partial charge in [-0.1, -0.05) is 0 Å². The number of imidazole rings is 1. The summed E-state index contributed by atoms with van der Waals surface area (Å²) in [5.74, 6) is 1.26. The molecule has 0 aliphatic carbocycles. The fourth-order valence-electron chi connectivity index (χ4n) is 1.47. The van der Waals surface area contributed by atoms with Gasteiger partial charge in [-0.15, -0.1) is 0 Å². The summed E-state index contributed by atoms with van der Waals surface area (Å²) in [7, 11) is 0. The van der Waals surface area contributed by atoms with Crippen molar-refractivity contribution in [1.29, 1.82) is 0 Å². The Morgan fingerprint density at radius 2 is 2.19 bits per heavy atom. The molecule has 2 N–H and O–H groups in total. The highest BCUT2D eigenvalue weighted by molar-refractivity contribution is 5.23. The first-order valence-electron chi connectivity index (χ1n) is 4.98. The Labute approximate surface area is 92.3 Å². The molecule has 2 aromatic rings. The van der Waals surface area contributed by atoms with Crippen LogP contribution in [-0.2, 0) is 13.1 Å². The van der Waals surface area contributed by atoms with Crippen LogP contribution in [0.1, 0.15) is 5.82 Å². The van der Waals surface area contributed by atoms with Gasteiger partial charge in [0, 0.05) is 25.0 Å². The van der Waals surface area contributed by atoms with Crippen molar-refractivity contribution in [2.24, 2.45) is 0 Å². The maximum Gasteiger partial charge on any atom is 0.266 e. The minimum atomic E-state index is -0.146. The fourth-order valence-corrected chi connectivity index (χ4v) is 1.47. The molecule has 0 bridgehead atoms. The van der Waals surface area contributed by atoms with Gasteiger partial charge in [0.2, 0.25) is 0 Å². The van der Waals surface area contributed by atoms with Crippen LogP contribution in [0.4, 0.5) is 5.82 Å². The summed E-state index contributed by atoms with van der Waals surface area (Å²) < 4.78 is 3.31. The predicted octanol–water partition coefficient (Wildman–Crippen LogP) is 0.0306.